The standard InChI is InChI=1S/C22H27N3O5S2/c1-19-8-6-7-11-21(19)25(31(2,27)28)18-22(26)23-13-15-24(16-14-23)32(29,30)17-12-20-9-4-3-5-10-20/h3-12,17H,13-16,18H2,1-2H3/b17-12+. The molecule has 1 heterocycles. The van der Waals surface area contributed by atoms with Gasteiger partial charge in [0, 0.05) is 31.6 Å². The maximum absolute atomic E-state index is 12.8. The van der Waals surface area contributed by atoms with Gasteiger partial charge in [0.2, 0.25) is 26.0 Å². The minimum Gasteiger partial charge on any atom is -0.338 e. The molecule has 0 bridgehead atoms. The molecule has 1 amide bonds. The Bertz CT molecular complexity index is 1190. The molecule has 0 N–H and O–H groups in total. The van der Waals surface area contributed by atoms with E-state index in [2.05, 4.69) is 0 Å². The molecule has 1 fully saturated rings. The average Bonchev–Trinajstić information content (AvgIpc) is 2.77. The molecule has 10 heteroatoms. The number of benzene rings is 2. The van der Waals surface area contributed by atoms with Gasteiger partial charge in [0.15, 0.2) is 0 Å². The summed E-state index contributed by atoms with van der Waals surface area (Å²) in [4.78, 5) is 14.3. The molecule has 32 heavy (non-hydrogen) atoms. The molecule has 0 aromatic heterocycles. The molecule has 1 aliphatic heterocycles. The van der Waals surface area contributed by atoms with Gasteiger partial charge in [-0.25, -0.2) is 16.8 Å². The highest BCUT2D eigenvalue weighted by molar-refractivity contribution is 7.92. The van der Waals surface area contributed by atoms with Crippen molar-refractivity contribution >= 4 is 37.7 Å². The summed E-state index contributed by atoms with van der Waals surface area (Å²) in [5.41, 5.74) is 1.98. The number of hydrogen-bond acceptors (Lipinski definition) is 5. The van der Waals surface area contributed by atoms with Crippen LogP contribution in [0.5, 0.6) is 0 Å². The fourth-order valence-corrected chi connectivity index (χ4v) is 5.53. The molecule has 0 atom stereocenters. The monoisotopic (exact) mass is 477 g/mol. The van der Waals surface area contributed by atoms with E-state index in [1.54, 1.807) is 37.3 Å². The molecule has 3 rings (SSSR count). The van der Waals surface area contributed by atoms with Gasteiger partial charge in [-0.2, -0.15) is 4.31 Å². The molecule has 2 aromatic rings. The average molecular weight is 478 g/mol. The maximum Gasteiger partial charge on any atom is 0.243 e. The number of para-hydroxylation sites is 1. The second-order valence-corrected chi connectivity index (χ2v) is 11.3. The van der Waals surface area contributed by atoms with E-state index in [-0.39, 0.29) is 38.6 Å². The second-order valence-electron chi connectivity index (χ2n) is 7.59. The summed E-state index contributed by atoms with van der Waals surface area (Å²) in [6.45, 7) is 2.15. The molecule has 8 nitrogen and oxygen atoms in total. The number of nitrogens with zero attached hydrogens (tertiary/aromatic N) is 3. The second kappa shape index (κ2) is 9.85. The van der Waals surface area contributed by atoms with Crippen LogP contribution in [0.15, 0.2) is 60.0 Å². The highest BCUT2D eigenvalue weighted by Gasteiger charge is 2.30. The van der Waals surface area contributed by atoms with Gasteiger partial charge in [0.05, 0.1) is 11.9 Å². The van der Waals surface area contributed by atoms with Crippen molar-refractivity contribution in [2.45, 2.75) is 6.92 Å². The fourth-order valence-electron chi connectivity index (χ4n) is 3.45. The van der Waals surface area contributed by atoms with Gasteiger partial charge >= 0.3 is 0 Å². The lowest BCUT2D eigenvalue weighted by atomic mass is 10.2. The Balaban J connectivity index is 1.64. The van der Waals surface area contributed by atoms with Crippen LogP contribution in [0.3, 0.4) is 0 Å². The summed E-state index contributed by atoms with van der Waals surface area (Å²) in [6.07, 6.45) is 2.61. The number of carbonyl (C=O) groups is 1. The zero-order chi connectivity index (χ0) is 23.4. The Kier molecular flexibility index (Phi) is 7.37. The number of piperazine rings is 1. The lowest BCUT2D eigenvalue weighted by molar-refractivity contribution is -0.130. The number of carbonyl (C=O) groups excluding carboxylic acids is 1. The van der Waals surface area contributed by atoms with E-state index in [0.29, 0.717) is 5.69 Å². The highest BCUT2D eigenvalue weighted by Crippen LogP contribution is 2.22. The Morgan fingerprint density at radius 2 is 1.53 bits per heavy atom. The van der Waals surface area contributed by atoms with E-state index >= 15 is 0 Å². The number of rotatable bonds is 7. The first kappa shape index (κ1) is 24.0. The van der Waals surface area contributed by atoms with Crippen molar-refractivity contribution in [2.75, 3.05) is 43.3 Å². The van der Waals surface area contributed by atoms with E-state index in [1.165, 1.54) is 14.6 Å². The summed E-state index contributed by atoms with van der Waals surface area (Å²) in [6, 6.07) is 16.1. The number of amides is 1. The molecule has 1 aliphatic rings. The summed E-state index contributed by atoms with van der Waals surface area (Å²) in [5.74, 6) is -0.365. The van der Waals surface area contributed by atoms with E-state index in [4.69, 9.17) is 0 Å². The fraction of sp³-hybridized carbons (Fsp3) is 0.318. The van der Waals surface area contributed by atoms with Crippen LogP contribution in [-0.4, -0.2) is 70.9 Å². The van der Waals surface area contributed by atoms with Crippen LogP contribution in [0, 0.1) is 6.92 Å². The smallest absolute Gasteiger partial charge is 0.243 e. The zero-order valence-electron chi connectivity index (χ0n) is 18.1. The minimum atomic E-state index is -3.67. The summed E-state index contributed by atoms with van der Waals surface area (Å²) >= 11 is 0. The zero-order valence-corrected chi connectivity index (χ0v) is 19.7. The van der Waals surface area contributed by atoms with Crippen molar-refractivity contribution in [3.63, 3.8) is 0 Å². The highest BCUT2D eigenvalue weighted by atomic mass is 32.2. The summed E-state index contributed by atoms with van der Waals surface area (Å²) < 4.78 is 52.3. The predicted molar refractivity (Wildman–Crippen MR) is 126 cm³/mol. The van der Waals surface area contributed by atoms with Gasteiger partial charge in [-0.15, -0.1) is 0 Å². The first-order chi connectivity index (χ1) is 15.1. The Labute approximate surface area is 189 Å². The molecule has 1 saturated heterocycles. The quantitative estimate of drug-likeness (QED) is 0.607. The van der Waals surface area contributed by atoms with Crippen LogP contribution < -0.4 is 4.31 Å². The number of anilines is 1. The normalized spacial score (nSPS) is 15.8. The third-order valence-corrected chi connectivity index (χ3v) is 7.94. The molecule has 0 spiro atoms. The maximum atomic E-state index is 12.8. The van der Waals surface area contributed by atoms with E-state index in [9.17, 15) is 21.6 Å². The summed E-state index contributed by atoms with van der Waals surface area (Å²) in [7, 11) is -7.29. The lowest BCUT2D eigenvalue weighted by Crippen LogP contribution is -2.52. The van der Waals surface area contributed by atoms with E-state index < -0.39 is 20.0 Å². The Hall–Kier alpha value is -2.69. The molecule has 2 aromatic carbocycles. The van der Waals surface area contributed by atoms with Crippen LogP contribution in [0.25, 0.3) is 6.08 Å². The molecule has 0 aliphatic carbocycles. The predicted octanol–water partition coefficient (Wildman–Crippen LogP) is 1.91. The van der Waals surface area contributed by atoms with Crippen molar-refractivity contribution in [3.05, 3.63) is 71.1 Å². The molecular formula is C22H27N3O5S2. The van der Waals surface area contributed by atoms with Crippen molar-refractivity contribution in [3.8, 4) is 0 Å². The first-order valence-electron chi connectivity index (χ1n) is 10.1. The van der Waals surface area contributed by atoms with Crippen LogP contribution >= 0.6 is 0 Å². The minimum absolute atomic E-state index is 0.149. The Morgan fingerprint density at radius 3 is 2.12 bits per heavy atom. The van der Waals surface area contributed by atoms with Crippen LogP contribution in [-0.2, 0) is 24.8 Å². The van der Waals surface area contributed by atoms with E-state index in [0.717, 1.165) is 21.7 Å². The van der Waals surface area contributed by atoms with Gasteiger partial charge in [-0.3, -0.25) is 9.10 Å². The molecule has 0 radical (unpaired) electrons. The number of sulfonamides is 2. The van der Waals surface area contributed by atoms with Crippen LogP contribution in [0.2, 0.25) is 0 Å². The first-order valence-corrected chi connectivity index (χ1v) is 13.5. The lowest BCUT2D eigenvalue weighted by Gasteiger charge is -2.34. The summed E-state index contributed by atoms with van der Waals surface area (Å²) in [5, 5.41) is 1.17. The van der Waals surface area contributed by atoms with Crippen molar-refractivity contribution in [1.82, 2.24) is 9.21 Å². The van der Waals surface area contributed by atoms with Gasteiger partial charge in [0.1, 0.15) is 6.54 Å². The number of aryl methyl sites for hydroxylation is 1. The van der Waals surface area contributed by atoms with Gasteiger partial charge in [0.25, 0.3) is 0 Å². The van der Waals surface area contributed by atoms with Crippen molar-refractivity contribution in [2.24, 2.45) is 0 Å². The van der Waals surface area contributed by atoms with Crippen molar-refractivity contribution in [1.29, 1.82) is 0 Å². The topological polar surface area (TPSA) is 95.1 Å². The van der Waals surface area contributed by atoms with Crippen LogP contribution in [0.4, 0.5) is 5.69 Å². The SMILES string of the molecule is Cc1ccccc1N(CC(=O)N1CCN(S(=O)(=O)/C=C/c2ccccc2)CC1)S(C)(=O)=O. The molecule has 172 valence electrons. The third-order valence-electron chi connectivity index (χ3n) is 5.25. The molecular weight excluding hydrogens is 450 g/mol. The molecule has 0 unspecified atom stereocenters. The van der Waals surface area contributed by atoms with Gasteiger partial charge in [-0.05, 0) is 30.2 Å². The van der Waals surface area contributed by atoms with Crippen molar-refractivity contribution < 1.29 is 21.6 Å². The largest absolute Gasteiger partial charge is 0.338 e. The van der Waals surface area contributed by atoms with Gasteiger partial charge < -0.3 is 4.90 Å². The van der Waals surface area contributed by atoms with Gasteiger partial charge in [-0.1, -0.05) is 48.5 Å². The molecule has 0 saturated carbocycles. The Morgan fingerprint density at radius 1 is 0.938 bits per heavy atom. The number of hydrogen-bond donors (Lipinski definition) is 0. The van der Waals surface area contributed by atoms with Crippen LogP contribution in [0.1, 0.15) is 11.1 Å². The third kappa shape index (κ3) is 5.96. The van der Waals surface area contributed by atoms with E-state index in [1.807, 2.05) is 30.3 Å².